The van der Waals surface area contributed by atoms with Crippen molar-refractivity contribution in [3.05, 3.63) is 65.2 Å². The number of halogens is 2. The van der Waals surface area contributed by atoms with Crippen LogP contribution in [-0.4, -0.2) is 15.0 Å². The van der Waals surface area contributed by atoms with Crippen LogP contribution in [0, 0.1) is 0 Å². The fourth-order valence-electron chi connectivity index (χ4n) is 1.84. The first-order chi connectivity index (χ1) is 10.7. The van der Waals surface area contributed by atoms with Crippen LogP contribution >= 0.6 is 23.2 Å². The van der Waals surface area contributed by atoms with Crippen LogP contribution in [-0.2, 0) is 0 Å². The van der Waals surface area contributed by atoms with Crippen molar-refractivity contribution in [2.75, 3.05) is 10.6 Å². The Kier molecular flexibility index (Phi) is 4.37. The summed E-state index contributed by atoms with van der Waals surface area (Å²) in [5, 5.41) is 6.41. The van der Waals surface area contributed by atoms with E-state index in [4.69, 9.17) is 23.2 Å². The summed E-state index contributed by atoms with van der Waals surface area (Å²) in [6.45, 7) is 0. The van der Waals surface area contributed by atoms with Gasteiger partial charge in [0.05, 0.1) is 0 Å². The van der Waals surface area contributed by atoms with Gasteiger partial charge in [-0.1, -0.05) is 18.2 Å². The molecule has 1 aromatic heterocycles. The summed E-state index contributed by atoms with van der Waals surface area (Å²) in [7, 11) is 0. The van der Waals surface area contributed by atoms with Crippen LogP contribution in [0.25, 0.3) is 0 Å². The van der Waals surface area contributed by atoms with Crippen molar-refractivity contribution in [3.8, 4) is 0 Å². The van der Waals surface area contributed by atoms with Gasteiger partial charge in [-0.05, 0) is 59.6 Å². The molecular weight excluding hydrogens is 321 g/mol. The van der Waals surface area contributed by atoms with Crippen molar-refractivity contribution in [2.24, 2.45) is 0 Å². The molecule has 0 saturated carbocycles. The summed E-state index contributed by atoms with van der Waals surface area (Å²) in [5.41, 5.74) is 2.82. The maximum absolute atomic E-state index is 5.74. The number of hydrogen-bond acceptors (Lipinski definition) is 5. The van der Waals surface area contributed by atoms with Crippen LogP contribution in [0.4, 0.5) is 23.0 Å². The van der Waals surface area contributed by atoms with Crippen LogP contribution in [0.1, 0.15) is 0 Å². The van der Waals surface area contributed by atoms with Gasteiger partial charge in [-0.25, -0.2) is 0 Å². The van der Waals surface area contributed by atoms with Crippen LogP contribution < -0.4 is 10.6 Å². The molecule has 3 aromatic rings. The molecule has 2 N–H and O–H groups in total. The lowest BCUT2D eigenvalue weighted by Crippen LogP contribution is -1.99. The SMILES string of the molecule is Clc1nc(Cl)nc(Nc2ccc(Nc3ccccc3)cc2)n1. The topological polar surface area (TPSA) is 62.7 Å². The first-order valence-electron chi connectivity index (χ1n) is 6.45. The van der Waals surface area contributed by atoms with Gasteiger partial charge in [-0.15, -0.1) is 0 Å². The highest BCUT2D eigenvalue weighted by molar-refractivity contribution is 6.31. The van der Waals surface area contributed by atoms with Gasteiger partial charge in [-0.2, -0.15) is 15.0 Å². The van der Waals surface area contributed by atoms with Crippen molar-refractivity contribution >= 4 is 46.2 Å². The van der Waals surface area contributed by atoms with E-state index in [9.17, 15) is 0 Å². The van der Waals surface area contributed by atoms with Gasteiger partial charge in [0, 0.05) is 17.1 Å². The molecule has 7 heteroatoms. The lowest BCUT2D eigenvalue weighted by atomic mass is 10.2. The van der Waals surface area contributed by atoms with E-state index in [2.05, 4.69) is 25.6 Å². The molecule has 3 rings (SSSR count). The normalized spacial score (nSPS) is 10.3. The Bertz CT molecular complexity index is 742. The summed E-state index contributed by atoms with van der Waals surface area (Å²) in [4.78, 5) is 11.6. The average Bonchev–Trinajstić information content (AvgIpc) is 2.49. The highest BCUT2D eigenvalue weighted by Gasteiger charge is 2.03. The lowest BCUT2D eigenvalue weighted by Gasteiger charge is -2.08. The molecule has 0 aliphatic carbocycles. The molecule has 0 unspecified atom stereocenters. The molecule has 0 spiro atoms. The van der Waals surface area contributed by atoms with Crippen molar-refractivity contribution < 1.29 is 0 Å². The van der Waals surface area contributed by atoms with E-state index in [1.54, 1.807) is 0 Å². The number of nitrogens with one attached hydrogen (secondary N) is 2. The Morgan fingerprint density at radius 1 is 0.591 bits per heavy atom. The van der Waals surface area contributed by atoms with E-state index < -0.39 is 0 Å². The van der Waals surface area contributed by atoms with Crippen molar-refractivity contribution in [1.82, 2.24) is 15.0 Å². The fourth-order valence-corrected chi connectivity index (χ4v) is 2.20. The second-order valence-corrected chi connectivity index (χ2v) is 5.07. The predicted molar refractivity (Wildman–Crippen MR) is 89.3 cm³/mol. The standard InChI is InChI=1S/C15H11Cl2N5/c16-13-20-14(17)22-15(21-13)19-12-8-6-11(7-9-12)18-10-4-2-1-3-5-10/h1-9,18H,(H,19,20,21,22). The monoisotopic (exact) mass is 331 g/mol. The molecule has 0 saturated heterocycles. The van der Waals surface area contributed by atoms with E-state index in [1.807, 2.05) is 54.6 Å². The Labute approximate surface area is 137 Å². The molecule has 0 fully saturated rings. The van der Waals surface area contributed by atoms with Crippen molar-refractivity contribution in [1.29, 1.82) is 0 Å². The lowest BCUT2D eigenvalue weighted by molar-refractivity contribution is 1.05. The minimum absolute atomic E-state index is 0.0462. The van der Waals surface area contributed by atoms with E-state index in [0.717, 1.165) is 17.1 Å². The Hall–Kier alpha value is -2.37. The Morgan fingerprint density at radius 3 is 1.68 bits per heavy atom. The van der Waals surface area contributed by atoms with E-state index in [1.165, 1.54) is 0 Å². The number of aromatic nitrogens is 3. The molecule has 110 valence electrons. The molecule has 0 aliphatic heterocycles. The van der Waals surface area contributed by atoms with Crippen molar-refractivity contribution in [2.45, 2.75) is 0 Å². The maximum Gasteiger partial charge on any atom is 0.232 e. The first kappa shape index (κ1) is 14.6. The summed E-state index contributed by atoms with van der Waals surface area (Å²) >= 11 is 11.5. The maximum atomic E-state index is 5.74. The molecule has 22 heavy (non-hydrogen) atoms. The van der Waals surface area contributed by atoms with Gasteiger partial charge in [0.1, 0.15) is 0 Å². The molecule has 1 heterocycles. The highest BCUT2D eigenvalue weighted by Crippen LogP contribution is 2.21. The molecule has 0 bridgehead atoms. The van der Waals surface area contributed by atoms with Crippen LogP contribution in [0.5, 0.6) is 0 Å². The minimum Gasteiger partial charge on any atom is -0.356 e. The fraction of sp³-hybridized carbons (Fsp3) is 0. The van der Waals surface area contributed by atoms with Gasteiger partial charge >= 0.3 is 0 Å². The van der Waals surface area contributed by atoms with Crippen LogP contribution in [0.3, 0.4) is 0 Å². The van der Waals surface area contributed by atoms with Gasteiger partial charge in [-0.3, -0.25) is 0 Å². The number of hydrogen-bond donors (Lipinski definition) is 2. The quantitative estimate of drug-likeness (QED) is 0.727. The van der Waals surface area contributed by atoms with E-state index in [0.29, 0.717) is 5.95 Å². The third-order valence-electron chi connectivity index (χ3n) is 2.78. The van der Waals surface area contributed by atoms with E-state index in [-0.39, 0.29) is 10.6 Å². The summed E-state index contributed by atoms with van der Waals surface area (Å²) < 4.78 is 0. The largest absolute Gasteiger partial charge is 0.356 e. The number of rotatable bonds is 4. The number of para-hydroxylation sites is 1. The molecular formula is C15H11Cl2N5. The van der Waals surface area contributed by atoms with Crippen LogP contribution in [0.2, 0.25) is 10.6 Å². The summed E-state index contributed by atoms with van der Waals surface area (Å²) in [6, 6.07) is 17.6. The van der Waals surface area contributed by atoms with Gasteiger partial charge in [0.2, 0.25) is 16.5 Å². The molecule has 2 aromatic carbocycles. The number of anilines is 4. The number of benzene rings is 2. The molecule has 0 amide bonds. The second-order valence-electron chi connectivity index (χ2n) is 4.39. The first-order valence-corrected chi connectivity index (χ1v) is 7.21. The summed E-state index contributed by atoms with van der Waals surface area (Å²) in [5.74, 6) is 0.300. The summed E-state index contributed by atoms with van der Waals surface area (Å²) in [6.07, 6.45) is 0. The average molecular weight is 332 g/mol. The Balaban J connectivity index is 1.71. The zero-order valence-electron chi connectivity index (χ0n) is 11.3. The van der Waals surface area contributed by atoms with Gasteiger partial charge < -0.3 is 10.6 Å². The third kappa shape index (κ3) is 3.84. The third-order valence-corrected chi connectivity index (χ3v) is 3.12. The van der Waals surface area contributed by atoms with Crippen LogP contribution in [0.15, 0.2) is 54.6 Å². The highest BCUT2D eigenvalue weighted by atomic mass is 35.5. The molecule has 0 atom stereocenters. The molecule has 0 radical (unpaired) electrons. The Morgan fingerprint density at radius 2 is 1.09 bits per heavy atom. The van der Waals surface area contributed by atoms with Gasteiger partial charge in [0.25, 0.3) is 0 Å². The van der Waals surface area contributed by atoms with Gasteiger partial charge in [0.15, 0.2) is 0 Å². The van der Waals surface area contributed by atoms with E-state index >= 15 is 0 Å². The zero-order valence-corrected chi connectivity index (χ0v) is 12.8. The predicted octanol–water partition coefficient (Wildman–Crippen LogP) is 4.67. The second kappa shape index (κ2) is 6.60. The molecule has 5 nitrogen and oxygen atoms in total. The smallest absolute Gasteiger partial charge is 0.232 e. The van der Waals surface area contributed by atoms with Crippen molar-refractivity contribution in [3.63, 3.8) is 0 Å². The zero-order chi connectivity index (χ0) is 15.4. The molecule has 0 aliphatic rings. The minimum atomic E-state index is 0.0462. The number of nitrogens with zero attached hydrogens (tertiary/aromatic N) is 3.